The molecule has 1 heterocycles. The molecule has 2 aliphatic rings. The number of hydrogen-bond acceptors (Lipinski definition) is 2. The van der Waals surface area contributed by atoms with E-state index in [-0.39, 0.29) is 17.7 Å². The Morgan fingerprint density at radius 1 is 1.23 bits per heavy atom. The van der Waals surface area contributed by atoms with Crippen LogP contribution in [0, 0.1) is 11.3 Å². The maximum absolute atomic E-state index is 12.5. The number of carbonyl (C=O) groups is 2. The summed E-state index contributed by atoms with van der Waals surface area (Å²) in [6.07, 6.45) is 4.05. The maximum Gasteiger partial charge on any atom is 0.230 e. The average molecular weight is 300 g/mol. The molecule has 1 N–H and O–H groups in total. The summed E-state index contributed by atoms with van der Waals surface area (Å²) in [5.41, 5.74) is 2.53. The van der Waals surface area contributed by atoms with E-state index in [0.29, 0.717) is 0 Å². The Hall–Kier alpha value is -1.84. The second-order valence-corrected chi connectivity index (χ2v) is 7.42. The van der Waals surface area contributed by atoms with Gasteiger partial charge < -0.3 is 10.2 Å². The molecular formula is C18H24N2O2. The molecule has 0 unspecified atom stereocenters. The van der Waals surface area contributed by atoms with Crippen LogP contribution in [0.15, 0.2) is 18.2 Å². The minimum atomic E-state index is -0.431. The van der Waals surface area contributed by atoms with Crippen molar-refractivity contribution in [2.75, 3.05) is 16.8 Å². The van der Waals surface area contributed by atoms with Crippen molar-refractivity contribution in [3.05, 3.63) is 23.8 Å². The number of nitrogens with one attached hydrogen (secondary N) is 1. The van der Waals surface area contributed by atoms with Crippen molar-refractivity contribution in [3.63, 3.8) is 0 Å². The highest BCUT2D eigenvalue weighted by atomic mass is 16.2. The fraction of sp³-hybridized carbons (Fsp3) is 0.556. The lowest BCUT2D eigenvalue weighted by atomic mass is 9.95. The van der Waals surface area contributed by atoms with Gasteiger partial charge in [-0.15, -0.1) is 0 Å². The highest BCUT2D eigenvalue weighted by Crippen LogP contribution is 2.37. The van der Waals surface area contributed by atoms with E-state index in [2.05, 4.69) is 5.32 Å². The summed E-state index contributed by atoms with van der Waals surface area (Å²) in [6.45, 7) is 6.47. The molecule has 3 rings (SSSR count). The van der Waals surface area contributed by atoms with Crippen LogP contribution in [0.5, 0.6) is 0 Å². The normalized spacial score (nSPS) is 17.9. The van der Waals surface area contributed by atoms with Crippen LogP contribution in [-0.4, -0.2) is 18.4 Å². The highest BCUT2D eigenvalue weighted by molar-refractivity contribution is 5.99. The summed E-state index contributed by atoms with van der Waals surface area (Å²) >= 11 is 0. The van der Waals surface area contributed by atoms with Gasteiger partial charge >= 0.3 is 0 Å². The Bertz CT molecular complexity index is 612. The summed E-state index contributed by atoms with van der Waals surface area (Å²) in [4.78, 5) is 26.5. The summed E-state index contributed by atoms with van der Waals surface area (Å²) < 4.78 is 0. The number of fused-ring (bicyclic) bond motifs is 1. The van der Waals surface area contributed by atoms with Gasteiger partial charge in [0, 0.05) is 29.3 Å². The third-order valence-corrected chi connectivity index (χ3v) is 4.34. The van der Waals surface area contributed by atoms with Crippen molar-refractivity contribution >= 4 is 23.2 Å². The van der Waals surface area contributed by atoms with Gasteiger partial charge in [-0.2, -0.15) is 0 Å². The van der Waals surface area contributed by atoms with E-state index in [1.165, 1.54) is 5.56 Å². The molecule has 1 aromatic carbocycles. The van der Waals surface area contributed by atoms with Crippen LogP contribution in [0.3, 0.4) is 0 Å². The number of rotatable bonds is 2. The summed E-state index contributed by atoms with van der Waals surface area (Å²) in [7, 11) is 0. The molecule has 22 heavy (non-hydrogen) atoms. The molecule has 0 saturated heterocycles. The van der Waals surface area contributed by atoms with Crippen LogP contribution in [0.4, 0.5) is 11.4 Å². The number of anilines is 2. The van der Waals surface area contributed by atoms with Crippen LogP contribution in [0.2, 0.25) is 0 Å². The molecule has 4 nitrogen and oxygen atoms in total. The number of hydrogen-bond donors (Lipinski definition) is 1. The predicted octanol–water partition coefficient (Wildman–Crippen LogP) is 3.36. The molecule has 1 aromatic rings. The standard InChI is InChI=1S/C18H24N2O2/c1-18(2,3)17(22)19-14-9-8-12-5-4-10-20(15(12)11-14)16(21)13-6-7-13/h8-9,11,13H,4-7,10H2,1-3H3,(H,19,22). The molecule has 0 radical (unpaired) electrons. The first-order valence-electron chi connectivity index (χ1n) is 8.12. The average Bonchev–Trinajstić information content (AvgIpc) is 3.29. The van der Waals surface area contributed by atoms with E-state index in [1.807, 2.05) is 43.9 Å². The Morgan fingerprint density at radius 3 is 2.59 bits per heavy atom. The lowest BCUT2D eigenvalue weighted by Gasteiger charge is -2.30. The van der Waals surface area contributed by atoms with E-state index in [9.17, 15) is 9.59 Å². The number of aryl methyl sites for hydroxylation is 1. The Balaban J connectivity index is 1.85. The van der Waals surface area contributed by atoms with Gasteiger partial charge in [-0.05, 0) is 43.4 Å². The molecule has 0 spiro atoms. The van der Waals surface area contributed by atoms with E-state index in [0.717, 1.165) is 43.6 Å². The van der Waals surface area contributed by atoms with Crippen LogP contribution in [0.25, 0.3) is 0 Å². The number of benzene rings is 1. The first-order valence-corrected chi connectivity index (χ1v) is 8.12. The minimum Gasteiger partial charge on any atom is -0.326 e. The molecular weight excluding hydrogens is 276 g/mol. The molecule has 1 aliphatic carbocycles. The van der Waals surface area contributed by atoms with Crippen molar-refractivity contribution in [3.8, 4) is 0 Å². The first kappa shape index (κ1) is 15.1. The molecule has 4 heteroatoms. The molecule has 1 saturated carbocycles. The number of nitrogens with zero attached hydrogens (tertiary/aromatic N) is 1. The molecule has 0 aromatic heterocycles. The second kappa shape index (κ2) is 5.41. The summed E-state index contributed by atoms with van der Waals surface area (Å²) in [5, 5.41) is 2.96. The van der Waals surface area contributed by atoms with Gasteiger partial charge in [0.1, 0.15) is 0 Å². The minimum absolute atomic E-state index is 0.0108. The Labute approximate surface area is 131 Å². The monoisotopic (exact) mass is 300 g/mol. The zero-order chi connectivity index (χ0) is 15.9. The zero-order valence-electron chi connectivity index (χ0n) is 13.6. The molecule has 0 atom stereocenters. The zero-order valence-corrected chi connectivity index (χ0v) is 13.6. The Kier molecular flexibility index (Phi) is 3.71. The van der Waals surface area contributed by atoms with Crippen LogP contribution < -0.4 is 10.2 Å². The fourth-order valence-electron chi connectivity index (χ4n) is 2.75. The summed E-state index contributed by atoms with van der Waals surface area (Å²) in [6, 6.07) is 5.94. The van der Waals surface area contributed by atoms with Crippen molar-refractivity contribution in [2.24, 2.45) is 11.3 Å². The first-order chi connectivity index (χ1) is 10.4. The molecule has 118 valence electrons. The third kappa shape index (κ3) is 3.01. The smallest absolute Gasteiger partial charge is 0.230 e. The van der Waals surface area contributed by atoms with Crippen molar-refractivity contribution in [1.82, 2.24) is 0 Å². The van der Waals surface area contributed by atoms with Crippen molar-refractivity contribution < 1.29 is 9.59 Å². The lowest BCUT2D eigenvalue weighted by molar-refractivity contribution is -0.123. The quantitative estimate of drug-likeness (QED) is 0.910. The second-order valence-electron chi connectivity index (χ2n) is 7.42. The number of amides is 2. The van der Waals surface area contributed by atoms with Gasteiger partial charge in [0.25, 0.3) is 0 Å². The van der Waals surface area contributed by atoms with E-state index in [1.54, 1.807) is 0 Å². The largest absolute Gasteiger partial charge is 0.326 e. The lowest BCUT2D eigenvalue weighted by Crippen LogP contribution is -2.36. The van der Waals surface area contributed by atoms with Crippen molar-refractivity contribution in [1.29, 1.82) is 0 Å². The van der Waals surface area contributed by atoms with Gasteiger partial charge in [-0.25, -0.2) is 0 Å². The Morgan fingerprint density at radius 2 is 1.95 bits per heavy atom. The number of carbonyl (C=O) groups excluding carboxylic acids is 2. The molecule has 0 bridgehead atoms. The van der Waals surface area contributed by atoms with Crippen LogP contribution >= 0.6 is 0 Å². The topological polar surface area (TPSA) is 49.4 Å². The van der Waals surface area contributed by atoms with Gasteiger partial charge in [0.2, 0.25) is 11.8 Å². The third-order valence-electron chi connectivity index (χ3n) is 4.34. The highest BCUT2D eigenvalue weighted by Gasteiger charge is 2.35. The van der Waals surface area contributed by atoms with E-state index >= 15 is 0 Å². The van der Waals surface area contributed by atoms with E-state index < -0.39 is 5.41 Å². The van der Waals surface area contributed by atoms with Gasteiger partial charge in [0.05, 0.1) is 0 Å². The van der Waals surface area contributed by atoms with Gasteiger partial charge in [0.15, 0.2) is 0 Å². The van der Waals surface area contributed by atoms with Gasteiger partial charge in [-0.1, -0.05) is 26.8 Å². The fourth-order valence-corrected chi connectivity index (χ4v) is 2.75. The van der Waals surface area contributed by atoms with Crippen LogP contribution in [0.1, 0.15) is 45.6 Å². The molecule has 2 amide bonds. The van der Waals surface area contributed by atoms with Crippen LogP contribution in [-0.2, 0) is 16.0 Å². The van der Waals surface area contributed by atoms with E-state index in [4.69, 9.17) is 0 Å². The molecule has 1 fully saturated rings. The maximum atomic E-state index is 12.5. The van der Waals surface area contributed by atoms with Gasteiger partial charge in [-0.3, -0.25) is 9.59 Å². The predicted molar refractivity (Wildman–Crippen MR) is 87.9 cm³/mol. The van der Waals surface area contributed by atoms with Crippen molar-refractivity contribution in [2.45, 2.75) is 46.5 Å². The summed E-state index contributed by atoms with van der Waals surface area (Å²) in [5.74, 6) is 0.461. The molecule has 1 aliphatic heterocycles. The SMILES string of the molecule is CC(C)(C)C(=O)Nc1ccc2c(c1)N(C(=O)C1CC1)CCC2.